The monoisotopic (exact) mass is 496 g/mol. The Balaban J connectivity index is 1.32. The molecule has 0 aliphatic carbocycles. The number of hydrogen-bond donors (Lipinski definition) is 1. The molecule has 5 heterocycles. The summed E-state index contributed by atoms with van der Waals surface area (Å²) in [6.07, 6.45) is 11.9. The molecule has 4 aromatic heterocycles. The van der Waals surface area contributed by atoms with Crippen molar-refractivity contribution in [2.45, 2.75) is 18.6 Å². The van der Waals surface area contributed by atoms with E-state index < -0.39 is 5.60 Å². The van der Waals surface area contributed by atoms with Gasteiger partial charge in [0, 0.05) is 23.4 Å². The molecule has 0 spiro atoms. The van der Waals surface area contributed by atoms with Gasteiger partial charge in [-0.05, 0) is 31.2 Å². The van der Waals surface area contributed by atoms with Gasteiger partial charge < -0.3 is 24.2 Å². The van der Waals surface area contributed by atoms with Gasteiger partial charge in [0.15, 0.2) is 5.60 Å². The number of terminal acetylenes is 1. The predicted octanol–water partition coefficient (Wildman–Crippen LogP) is 2.70. The van der Waals surface area contributed by atoms with E-state index in [0.29, 0.717) is 41.5 Å². The van der Waals surface area contributed by atoms with Gasteiger partial charge in [0.2, 0.25) is 5.88 Å². The first-order valence-corrected chi connectivity index (χ1v) is 11.5. The highest BCUT2D eigenvalue weighted by Gasteiger charge is 2.29. The van der Waals surface area contributed by atoms with E-state index in [-0.39, 0.29) is 12.7 Å². The molecule has 1 fully saturated rings. The second-order valence-electron chi connectivity index (χ2n) is 8.85. The van der Waals surface area contributed by atoms with Gasteiger partial charge in [-0.2, -0.15) is 10.4 Å². The Hall–Kier alpha value is -4.80. The summed E-state index contributed by atoms with van der Waals surface area (Å²) in [6, 6.07) is 11.4. The minimum Gasteiger partial charge on any atom is -0.488 e. The number of aliphatic hydroxyl groups is 1. The van der Waals surface area contributed by atoms with Crippen LogP contribution in [0, 0.1) is 23.7 Å². The second-order valence-corrected chi connectivity index (χ2v) is 8.85. The number of nitrogens with zero attached hydrogens (tertiary/aromatic N) is 6. The Morgan fingerprint density at radius 2 is 2.00 bits per heavy atom. The fourth-order valence-corrected chi connectivity index (χ4v) is 3.93. The first-order valence-electron chi connectivity index (χ1n) is 11.5. The molecule has 1 aliphatic rings. The number of hydrogen-bond acceptors (Lipinski definition) is 9. The van der Waals surface area contributed by atoms with Crippen molar-refractivity contribution in [1.82, 2.24) is 19.6 Å². The molecule has 5 rings (SSSR count). The summed E-state index contributed by atoms with van der Waals surface area (Å²) in [6.45, 7) is 2.80. The van der Waals surface area contributed by atoms with Crippen LogP contribution >= 0.6 is 0 Å². The van der Waals surface area contributed by atoms with E-state index >= 15 is 0 Å². The summed E-state index contributed by atoms with van der Waals surface area (Å²) < 4.78 is 18.4. The van der Waals surface area contributed by atoms with E-state index in [9.17, 15) is 10.4 Å². The zero-order valence-electron chi connectivity index (χ0n) is 20.3. The highest BCUT2D eigenvalue weighted by Crippen LogP contribution is 2.32. The largest absolute Gasteiger partial charge is 0.488 e. The molecule has 1 saturated heterocycles. The maximum atomic E-state index is 10.1. The highest BCUT2D eigenvalue weighted by molar-refractivity contribution is 5.85. The van der Waals surface area contributed by atoms with Crippen molar-refractivity contribution >= 4 is 11.3 Å². The van der Waals surface area contributed by atoms with Crippen LogP contribution in [0.15, 0.2) is 55.1 Å². The van der Waals surface area contributed by atoms with Crippen LogP contribution in [0.3, 0.4) is 0 Å². The van der Waals surface area contributed by atoms with Gasteiger partial charge in [-0.15, -0.1) is 6.42 Å². The minimum absolute atomic E-state index is 0.0373. The number of pyridine rings is 3. The Kier molecular flexibility index (Phi) is 6.26. The number of fused-ring (bicyclic) bond motifs is 1. The van der Waals surface area contributed by atoms with Crippen molar-refractivity contribution in [1.29, 1.82) is 5.26 Å². The molecule has 1 aliphatic heterocycles. The lowest BCUT2D eigenvalue weighted by molar-refractivity contribution is 0.0629. The molecule has 1 unspecified atom stereocenters. The zero-order valence-corrected chi connectivity index (χ0v) is 20.3. The number of methoxy groups -OCH3 is 1. The molecule has 186 valence electrons. The van der Waals surface area contributed by atoms with Gasteiger partial charge in [0.25, 0.3) is 0 Å². The number of nitriles is 1. The number of ether oxygens (including phenoxy) is 3. The molecule has 0 amide bonds. The van der Waals surface area contributed by atoms with Crippen LogP contribution in [0.4, 0.5) is 5.82 Å². The topological polar surface area (TPSA) is 118 Å². The third-order valence-electron chi connectivity index (χ3n) is 5.99. The Morgan fingerprint density at radius 1 is 1.16 bits per heavy atom. The molecule has 4 aromatic rings. The highest BCUT2D eigenvalue weighted by atomic mass is 16.5. The lowest BCUT2D eigenvalue weighted by Gasteiger charge is -2.39. The third-order valence-corrected chi connectivity index (χ3v) is 5.99. The molecule has 37 heavy (non-hydrogen) atoms. The summed E-state index contributed by atoms with van der Waals surface area (Å²) in [7, 11) is 1.57. The quantitative estimate of drug-likeness (QED) is 0.367. The van der Waals surface area contributed by atoms with Crippen molar-refractivity contribution in [2.75, 3.05) is 31.7 Å². The lowest BCUT2D eigenvalue weighted by Crippen LogP contribution is -2.54. The second kappa shape index (κ2) is 9.69. The van der Waals surface area contributed by atoms with Crippen molar-refractivity contribution < 1.29 is 19.3 Å². The Morgan fingerprint density at radius 3 is 2.65 bits per heavy atom. The van der Waals surface area contributed by atoms with Gasteiger partial charge in [-0.3, -0.25) is 0 Å². The fraction of sp³-hybridized carbons (Fsp3) is 0.259. The van der Waals surface area contributed by atoms with Crippen LogP contribution in [0.1, 0.15) is 12.5 Å². The van der Waals surface area contributed by atoms with Crippen molar-refractivity contribution in [3.8, 4) is 46.9 Å². The van der Waals surface area contributed by atoms with Crippen LogP contribution in [-0.4, -0.2) is 63.2 Å². The molecule has 1 atom stereocenters. The Bertz CT molecular complexity index is 1490. The van der Waals surface area contributed by atoms with Crippen LogP contribution in [0.5, 0.6) is 17.4 Å². The van der Waals surface area contributed by atoms with Gasteiger partial charge in [-0.25, -0.2) is 14.5 Å². The first kappa shape index (κ1) is 23.9. The average molecular weight is 497 g/mol. The molecule has 0 bridgehead atoms. The van der Waals surface area contributed by atoms with Crippen LogP contribution < -0.4 is 19.1 Å². The van der Waals surface area contributed by atoms with E-state index in [1.807, 2.05) is 18.2 Å². The lowest BCUT2D eigenvalue weighted by atomic mass is 10.0. The minimum atomic E-state index is -1.41. The molecule has 0 aromatic carbocycles. The van der Waals surface area contributed by atoms with E-state index in [2.05, 4.69) is 32.0 Å². The molecular weight excluding hydrogens is 472 g/mol. The normalized spacial score (nSPS) is 14.8. The first-order chi connectivity index (χ1) is 17.9. The standard InChI is InChI=1S/C27H24N6O4/c1-4-27(2,34)17-36-21-9-23(26-19(10-28)12-31-33(26)16-21)18-5-7-24(29-11-18)32-14-22(15-32)37-20-6-8-25(35-3)30-13-20/h1,5-9,11-13,16,22,34H,14-15,17H2,2-3H3. The third kappa shape index (κ3) is 4.96. The van der Waals surface area contributed by atoms with Crippen LogP contribution in [0.25, 0.3) is 16.6 Å². The van der Waals surface area contributed by atoms with Gasteiger partial charge >= 0.3 is 0 Å². The molecule has 0 radical (unpaired) electrons. The zero-order chi connectivity index (χ0) is 26.0. The van der Waals surface area contributed by atoms with Gasteiger partial charge in [-0.1, -0.05) is 5.92 Å². The number of rotatable bonds is 8. The average Bonchev–Trinajstić information content (AvgIpc) is 3.32. The van der Waals surface area contributed by atoms with Crippen molar-refractivity contribution in [3.63, 3.8) is 0 Å². The summed E-state index contributed by atoms with van der Waals surface area (Å²) in [5.74, 6) is 4.79. The van der Waals surface area contributed by atoms with Gasteiger partial charge in [0.1, 0.15) is 36.1 Å². The summed E-state index contributed by atoms with van der Waals surface area (Å²) >= 11 is 0. The van der Waals surface area contributed by atoms with Crippen LogP contribution in [0.2, 0.25) is 0 Å². The predicted molar refractivity (Wildman–Crippen MR) is 136 cm³/mol. The summed E-state index contributed by atoms with van der Waals surface area (Å²) in [5, 5.41) is 24.0. The maximum absolute atomic E-state index is 10.1. The van der Waals surface area contributed by atoms with Crippen molar-refractivity contribution in [2.24, 2.45) is 0 Å². The molecular formula is C27H24N6O4. The molecule has 1 N–H and O–H groups in total. The smallest absolute Gasteiger partial charge is 0.213 e. The maximum Gasteiger partial charge on any atom is 0.213 e. The molecule has 10 heteroatoms. The number of anilines is 1. The van der Waals surface area contributed by atoms with Crippen LogP contribution in [-0.2, 0) is 0 Å². The van der Waals surface area contributed by atoms with E-state index in [4.69, 9.17) is 20.6 Å². The molecule has 0 saturated carbocycles. The summed E-state index contributed by atoms with van der Waals surface area (Å²) in [4.78, 5) is 10.9. The van der Waals surface area contributed by atoms with Gasteiger partial charge in [0.05, 0.1) is 49.9 Å². The van der Waals surface area contributed by atoms with E-state index in [1.165, 1.54) is 13.1 Å². The van der Waals surface area contributed by atoms with E-state index in [1.54, 1.807) is 42.3 Å². The molecule has 10 nitrogen and oxygen atoms in total. The summed E-state index contributed by atoms with van der Waals surface area (Å²) in [5.41, 5.74) is 1.17. The fourth-order valence-electron chi connectivity index (χ4n) is 3.93. The SMILES string of the molecule is C#CC(C)(O)COc1cc(-c2ccc(N3CC(Oc4ccc(OC)nc4)C3)nc2)c2c(C#N)cnn2c1. The Labute approximate surface area is 213 Å². The number of aromatic nitrogens is 4. The van der Waals surface area contributed by atoms with E-state index in [0.717, 1.165) is 16.9 Å². The van der Waals surface area contributed by atoms with Crippen molar-refractivity contribution in [3.05, 3.63) is 60.7 Å².